The summed E-state index contributed by atoms with van der Waals surface area (Å²) in [6, 6.07) is 17.8. The highest BCUT2D eigenvalue weighted by molar-refractivity contribution is 7.98. The van der Waals surface area contributed by atoms with Crippen molar-refractivity contribution in [1.82, 2.24) is 0 Å². The van der Waals surface area contributed by atoms with Crippen LogP contribution in [0.15, 0.2) is 48.5 Å². The number of nitrogens with zero attached hydrogens (tertiary/aromatic N) is 1. The summed E-state index contributed by atoms with van der Waals surface area (Å²) in [5.41, 5.74) is 3.38. The van der Waals surface area contributed by atoms with E-state index in [-0.39, 0.29) is 0 Å². The summed E-state index contributed by atoms with van der Waals surface area (Å²) in [6.07, 6.45) is 0. The van der Waals surface area contributed by atoms with Gasteiger partial charge in [-0.2, -0.15) is 17.0 Å². The van der Waals surface area contributed by atoms with Gasteiger partial charge in [0.05, 0.1) is 18.2 Å². The molecule has 20 heavy (non-hydrogen) atoms. The Morgan fingerprint density at radius 3 is 2.55 bits per heavy atom. The van der Waals surface area contributed by atoms with E-state index in [1.807, 2.05) is 23.9 Å². The third-order valence-corrected chi connectivity index (χ3v) is 3.97. The molecule has 2 rings (SSSR count). The van der Waals surface area contributed by atoms with Gasteiger partial charge in [0.15, 0.2) is 0 Å². The number of ether oxygens (including phenoxy) is 1. The van der Waals surface area contributed by atoms with Crippen LogP contribution in [0.2, 0.25) is 0 Å². The molecule has 0 amide bonds. The predicted octanol–water partition coefficient (Wildman–Crippen LogP) is 4.18. The minimum atomic E-state index is 0.659. The first-order valence-electron chi connectivity index (χ1n) is 6.55. The minimum absolute atomic E-state index is 0.659. The molecule has 0 atom stereocenters. The molecule has 0 unspecified atom stereocenters. The first-order valence-corrected chi connectivity index (χ1v) is 7.70. The molecule has 3 heteroatoms. The van der Waals surface area contributed by atoms with Crippen LogP contribution < -0.4 is 4.74 Å². The van der Waals surface area contributed by atoms with Crippen LogP contribution in [0.3, 0.4) is 0 Å². The summed E-state index contributed by atoms with van der Waals surface area (Å²) in [5.74, 6) is 2.79. The van der Waals surface area contributed by atoms with Crippen molar-refractivity contribution in [3.8, 4) is 11.8 Å². The molecule has 0 aromatic heterocycles. The number of hydrogen-bond donors (Lipinski definition) is 0. The first-order chi connectivity index (χ1) is 9.79. The second kappa shape index (κ2) is 7.62. The average Bonchev–Trinajstić information content (AvgIpc) is 2.49. The molecule has 0 N–H and O–H groups in total. The quantitative estimate of drug-likeness (QED) is 0.746. The zero-order valence-corrected chi connectivity index (χ0v) is 12.3. The van der Waals surface area contributed by atoms with Gasteiger partial charge in [-0.1, -0.05) is 24.3 Å². The second-order valence-corrected chi connectivity index (χ2v) is 5.57. The van der Waals surface area contributed by atoms with Crippen LogP contribution in [0.1, 0.15) is 16.7 Å². The Balaban J connectivity index is 1.69. The van der Waals surface area contributed by atoms with E-state index in [0.29, 0.717) is 12.2 Å². The molecule has 0 bridgehead atoms. The predicted molar refractivity (Wildman–Crippen MR) is 84.0 cm³/mol. The first kappa shape index (κ1) is 14.5. The molecule has 102 valence electrons. The lowest BCUT2D eigenvalue weighted by Gasteiger charge is -2.07. The van der Waals surface area contributed by atoms with E-state index < -0.39 is 0 Å². The normalized spacial score (nSPS) is 10.0. The Labute approximate surface area is 124 Å². The fourth-order valence-electron chi connectivity index (χ4n) is 1.80. The van der Waals surface area contributed by atoms with Crippen LogP contribution >= 0.6 is 11.8 Å². The Morgan fingerprint density at radius 1 is 1.10 bits per heavy atom. The van der Waals surface area contributed by atoms with E-state index >= 15 is 0 Å². The van der Waals surface area contributed by atoms with Gasteiger partial charge in [0.25, 0.3) is 0 Å². The molecule has 0 saturated carbocycles. The van der Waals surface area contributed by atoms with Crippen LogP contribution in [0.5, 0.6) is 5.75 Å². The van der Waals surface area contributed by atoms with Gasteiger partial charge in [-0.15, -0.1) is 0 Å². The van der Waals surface area contributed by atoms with Crippen molar-refractivity contribution in [2.75, 3.05) is 12.4 Å². The van der Waals surface area contributed by atoms with Gasteiger partial charge in [0.2, 0.25) is 0 Å². The van der Waals surface area contributed by atoms with Gasteiger partial charge in [-0.3, -0.25) is 0 Å². The third-order valence-electron chi connectivity index (χ3n) is 3.00. The van der Waals surface area contributed by atoms with Crippen LogP contribution in [0, 0.1) is 18.3 Å². The van der Waals surface area contributed by atoms with E-state index in [0.717, 1.165) is 17.3 Å². The molecule has 0 fully saturated rings. The lowest BCUT2D eigenvalue weighted by atomic mass is 10.1. The molecule has 0 aliphatic heterocycles. The number of aryl methyl sites for hydroxylation is 1. The Kier molecular flexibility index (Phi) is 5.52. The van der Waals surface area contributed by atoms with Crippen LogP contribution in [-0.4, -0.2) is 12.4 Å². The van der Waals surface area contributed by atoms with Gasteiger partial charge in [-0.05, 0) is 42.3 Å². The third kappa shape index (κ3) is 4.32. The average molecular weight is 283 g/mol. The summed E-state index contributed by atoms with van der Waals surface area (Å²) >= 11 is 1.87. The molecule has 0 radical (unpaired) electrons. The molecule has 0 saturated heterocycles. The lowest BCUT2D eigenvalue weighted by Crippen LogP contribution is -2.00. The highest BCUT2D eigenvalue weighted by Crippen LogP contribution is 2.16. The molecule has 0 aliphatic rings. The van der Waals surface area contributed by atoms with Crippen LogP contribution in [0.4, 0.5) is 0 Å². The summed E-state index contributed by atoms with van der Waals surface area (Å²) in [4.78, 5) is 0. The fraction of sp³-hybridized carbons (Fsp3) is 0.235. The highest BCUT2D eigenvalue weighted by atomic mass is 32.2. The lowest BCUT2D eigenvalue weighted by molar-refractivity contribution is 0.344. The molecule has 2 aromatic carbocycles. The van der Waals surface area contributed by atoms with Crippen LogP contribution in [-0.2, 0) is 5.75 Å². The van der Waals surface area contributed by atoms with Gasteiger partial charge < -0.3 is 4.74 Å². The summed E-state index contributed by atoms with van der Waals surface area (Å²) < 4.78 is 5.64. The van der Waals surface area contributed by atoms with Crippen molar-refractivity contribution >= 4 is 11.8 Å². The van der Waals surface area contributed by atoms with E-state index in [1.54, 1.807) is 12.1 Å². The van der Waals surface area contributed by atoms with E-state index in [4.69, 9.17) is 10.00 Å². The van der Waals surface area contributed by atoms with Crippen molar-refractivity contribution in [2.24, 2.45) is 0 Å². The molecule has 0 spiro atoms. The van der Waals surface area contributed by atoms with E-state index in [1.165, 1.54) is 11.1 Å². The number of nitriles is 1. The maximum Gasteiger partial charge on any atom is 0.119 e. The van der Waals surface area contributed by atoms with Gasteiger partial charge >= 0.3 is 0 Å². The Morgan fingerprint density at radius 2 is 1.85 bits per heavy atom. The van der Waals surface area contributed by atoms with E-state index in [9.17, 15) is 0 Å². The SMILES string of the molecule is Cc1ccccc1CSCCOc1ccc(C#N)cc1. The van der Waals surface area contributed by atoms with Crippen LogP contribution in [0.25, 0.3) is 0 Å². The van der Waals surface area contributed by atoms with Crippen molar-refractivity contribution in [1.29, 1.82) is 5.26 Å². The van der Waals surface area contributed by atoms with Crippen molar-refractivity contribution in [3.63, 3.8) is 0 Å². The molecular formula is C17H17NOS. The van der Waals surface area contributed by atoms with E-state index in [2.05, 4.69) is 37.3 Å². The minimum Gasteiger partial charge on any atom is -0.493 e. The number of benzene rings is 2. The van der Waals surface area contributed by atoms with Crippen molar-refractivity contribution < 1.29 is 4.74 Å². The summed E-state index contributed by atoms with van der Waals surface area (Å²) in [5, 5.41) is 8.71. The zero-order valence-electron chi connectivity index (χ0n) is 11.5. The molecule has 2 aromatic rings. The summed E-state index contributed by atoms with van der Waals surface area (Å²) in [6.45, 7) is 2.82. The maximum atomic E-state index is 8.71. The Bertz CT molecular complexity index is 587. The largest absolute Gasteiger partial charge is 0.493 e. The number of thioether (sulfide) groups is 1. The molecule has 2 nitrogen and oxygen atoms in total. The molecule has 0 heterocycles. The Hall–Kier alpha value is -1.92. The highest BCUT2D eigenvalue weighted by Gasteiger charge is 1.98. The topological polar surface area (TPSA) is 33.0 Å². The molecule has 0 aliphatic carbocycles. The zero-order chi connectivity index (χ0) is 14.2. The number of rotatable bonds is 6. The van der Waals surface area contributed by atoms with Crippen molar-refractivity contribution in [2.45, 2.75) is 12.7 Å². The number of hydrogen-bond acceptors (Lipinski definition) is 3. The smallest absolute Gasteiger partial charge is 0.119 e. The van der Waals surface area contributed by atoms with Gasteiger partial charge in [0, 0.05) is 11.5 Å². The van der Waals surface area contributed by atoms with Gasteiger partial charge in [0.1, 0.15) is 5.75 Å². The van der Waals surface area contributed by atoms with Crippen molar-refractivity contribution in [3.05, 3.63) is 65.2 Å². The maximum absolute atomic E-state index is 8.71. The monoisotopic (exact) mass is 283 g/mol. The summed E-state index contributed by atoms with van der Waals surface area (Å²) in [7, 11) is 0. The second-order valence-electron chi connectivity index (χ2n) is 4.46. The fourth-order valence-corrected chi connectivity index (χ4v) is 2.69. The molecular weight excluding hydrogens is 266 g/mol. The van der Waals surface area contributed by atoms with Gasteiger partial charge in [-0.25, -0.2) is 0 Å². The standard InChI is InChI=1S/C17H17NOS/c1-14-4-2-3-5-16(14)13-20-11-10-19-17-8-6-15(12-18)7-9-17/h2-9H,10-11,13H2,1H3.